The molecule has 0 aromatic carbocycles. The van der Waals surface area contributed by atoms with E-state index in [1.165, 1.54) is 17.5 Å². The molecule has 0 fully saturated rings. The molecule has 0 spiro atoms. The molecule has 98 valence electrons. The number of hydrogen-bond acceptors (Lipinski definition) is 4. The van der Waals surface area contributed by atoms with Crippen LogP contribution in [0.1, 0.15) is 16.7 Å². The predicted molar refractivity (Wildman–Crippen MR) is 72.5 cm³/mol. The highest BCUT2D eigenvalue weighted by Gasteiger charge is 2.21. The zero-order valence-corrected chi connectivity index (χ0v) is 12.0. The van der Waals surface area contributed by atoms with Crippen LogP contribution >= 0.6 is 34.5 Å². The quantitative estimate of drug-likeness (QED) is 0.924. The summed E-state index contributed by atoms with van der Waals surface area (Å²) < 4.78 is 6.64. The normalized spacial score (nSPS) is 12.9. The van der Waals surface area contributed by atoms with Gasteiger partial charge in [-0.2, -0.15) is 5.10 Å². The molecule has 1 unspecified atom stereocenters. The minimum Gasteiger partial charge on any atom is -0.383 e. The molecule has 0 amide bonds. The van der Waals surface area contributed by atoms with Crippen LogP contribution in [-0.2, 0) is 11.3 Å². The van der Waals surface area contributed by atoms with E-state index in [0.717, 1.165) is 4.88 Å². The Bertz CT molecular complexity index is 527. The molecule has 2 aromatic heterocycles. The summed E-state index contributed by atoms with van der Waals surface area (Å²) in [4.78, 5) is 0.737. The fourth-order valence-corrected chi connectivity index (χ4v) is 2.92. The topological polar surface area (TPSA) is 47.3 Å². The van der Waals surface area contributed by atoms with Crippen molar-refractivity contribution in [3.8, 4) is 0 Å². The molecule has 18 heavy (non-hydrogen) atoms. The zero-order valence-electron chi connectivity index (χ0n) is 9.64. The summed E-state index contributed by atoms with van der Waals surface area (Å²) in [7, 11) is 1.61. The highest BCUT2D eigenvalue weighted by Crippen LogP contribution is 2.33. The van der Waals surface area contributed by atoms with Gasteiger partial charge in [0, 0.05) is 17.4 Å². The van der Waals surface area contributed by atoms with Crippen LogP contribution in [0.5, 0.6) is 0 Å². The Hall–Kier alpha value is -0.590. The van der Waals surface area contributed by atoms with Gasteiger partial charge in [0.25, 0.3) is 0 Å². The van der Waals surface area contributed by atoms with Crippen molar-refractivity contribution in [1.82, 2.24) is 9.78 Å². The summed E-state index contributed by atoms with van der Waals surface area (Å²) in [6.07, 6.45) is 0.694. The molecule has 0 aliphatic heterocycles. The van der Waals surface area contributed by atoms with Gasteiger partial charge in [0.05, 0.1) is 35.1 Å². The number of methoxy groups -OCH3 is 1. The highest BCUT2D eigenvalue weighted by atomic mass is 35.5. The van der Waals surface area contributed by atoms with Gasteiger partial charge in [-0.15, -0.1) is 11.3 Å². The highest BCUT2D eigenvalue weighted by molar-refractivity contribution is 7.10. The number of hydrogen-bond donors (Lipinski definition) is 1. The number of halogens is 2. The van der Waals surface area contributed by atoms with Crippen molar-refractivity contribution in [3.63, 3.8) is 0 Å². The number of aliphatic hydroxyl groups excluding tert-OH is 1. The van der Waals surface area contributed by atoms with E-state index in [4.69, 9.17) is 27.9 Å². The Morgan fingerprint density at radius 3 is 2.94 bits per heavy atom. The first-order valence-corrected chi connectivity index (χ1v) is 6.89. The first-order valence-electron chi connectivity index (χ1n) is 5.25. The average Bonchev–Trinajstić information content (AvgIpc) is 2.92. The van der Waals surface area contributed by atoms with E-state index < -0.39 is 6.10 Å². The molecule has 0 radical (unpaired) electrons. The smallest absolute Gasteiger partial charge is 0.131 e. The fraction of sp³-hybridized carbons (Fsp3) is 0.364. The van der Waals surface area contributed by atoms with E-state index in [-0.39, 0.29) is 0 Å². The first kappa shape index (κ1) is 13.8. The standard InChI is InChI=1S/C11H12Cl2N2O2S/c1-17-3-2-15-10(8(13)5-14-15)11(16)9-4-7(12)6-18-9/h4-6,11,16H,2-3H2,1H3. The fourth-order valence-electron chi connectivity index (χ4n) is 1.61. The molecular weight excluding hydrogens is 295 g/mol. The van der Waals surface area contributed by atoms with E-state index >= 15 is 0 Å². The van der Waals surface area contributed by atoms with Crippen molar-refractivity contribution < 1.29 is 9.84 Å². The SMILES string of the molecule is COCCn1ncc(Cl)c1C(O)c1cc(Cl)cs1. The summed E-state index contributed by atoms with van der Waals surface area (Å²) in [5.41, 5.74) is 0.562. The van der Waals surface area contributed by atoms with E-state index in [1.54, 1.807) is 23.2 Å². The molecule has 4 nitrogen and oxygen atoms in total. The molecule has 0 bridgehead atoms. The van der Waals surface area contributed by atoms with Crippen LogP contribution in [0.15, 0.2) is 17.6 Å². The lowest BCUT2D eigenvalue weighted by molar-refractivity contribution is 0.172. The zero-order chi connectivity index (χ0) is 13.1. The van der Waals surface area contributed by atoms with Gasteiger partial charge in [-0.25, -0.2) is 0 Å². The molecule has 2 heterocycles. The van der Waals surface area contributed by atoms with Crippen molar-refractivity contribution in [3.05, 3.63) is 38.3 Å². The van der Waals surface area contributed by atoms with E-state index in [9.17, 15) is 5.11 Å². The lowest BCUT2D eigenvalue weighted by Gasteiger charge is -2.12. The van der Waals surface area contributed by atoms with Crippen molar-refractivity contribution in [1.29, 1.82) is 0 Å². The summed E-state index contributed by atoms with van der Waals surface area (Å²) in [6, 6.07) is 1.72. The number of thiophene rings is 1. The second kappa shape index (κ2) is 6.04. The van der Waals surface area contributed by atoms with Gasteiger partial charge < -0.3 is 9.84 Å². The van der Waals surface area contributed by atoms with Gasteiger partial charge in [0.1, 0.15) is 6.10 Å². The summed E-state index contributed by atoms with van der Waals surface area (Å²) in [5, 5.41) is 17.2. The van der Waals surface area contributed by atoms with Crippen LogP contribution in [0, 0.1) is 0 Å². The maximum atomic E-state index is 10.3. The third-order valence-corrected chi connectivity index (χ3v) is 4.08. The molecule has 2 aromatic rings. The van der Waals surface area contributed by atoms with Crippen LogP contribution in [-0.4, -0.2) is 28.6 Å². The Morgan fingerprint density at radius 2 is 2.33 bits per heavy atom. The van der Waals surface area contributed by atoms with Crippen molar-refractivity contribution in [2.75, 3.05) is 13.7 Å². The van der Waals surface area contributed by atoms with Gasteiger partial charge in [-0.1, -0.05) is 23.2 Å². The van der Waals surface area contributed by atoms with Crippen molar-refractivity contribution in [2.45, 2.75) is 12.6 Å². The van der Waals surface area contributed by atoms with Gasteiger partial charge >= 0.3 is 0 Å². The maximum absolute atomic E-state index is 10.3. The molecule has 0 saturated carbocycles. The lowest BCUT2D eigenvalue weighted by atomic mass is 10.2. The number of nitrogens with zero attached hydrogens (tertiary/aromatic N) is 2. The largest absolute Gasteiger partial charge is 0.383 e. The predicted octanol–water partition coefficient (Wildman–Crippen LogP) is 2.98. The Labute approximate surface area is 119 Å². The molecule has 1 atom stereocenters. The lowest BCUT2D eigenvalue weighted by Crippen LogP contribution is -2.13. The number of aliphatic hydroxyl groups is 1. The molecule has 7 heteroatoms. The maximum Gasteiger partial charge on any atom is 0.131 e. The van der Waals surface area contributed by atoms with E-state index in [2.05, 4.69) is 5.10 Å². The van der Waals surface area contributed by atoms with Crippen LogP contribution in [0.4, 0.5) is 0 Å². The molecular formula is C11H12Cl2N2O2S. The number of rotatable bonds is 5. The van der Waals surface area contributed by atoms with Gasteiger partial charge in [0.2, 0.25) is 0 Å². The summed E-state index contributed by atoms with van der Waals surface area (Å²) in [5.74, 6) is 0. The third kappa shape index (κ3) is 2.87. The first-order chi connectivity index (χ1) is 8.63. The van der Waals surface area contributed by atoms with Crippen LogP contribution in [0.3, 0.4) is 0 Å². The Balaban J connectivity index is 2.28. The van der Waals surface area contributed by atoms with E-state index in [0.29, 0.717) is 28.9 Å². The minimum atomic E-state index is -0.825. The third-order valence-electron chi connectivity index (χ3n) is 2.46. The summed E-state index contributed by atoms with van der Waals surface area (Å²) >= 11 is 13.3. The van der Waals surface area contributed by atoms with Crippen molar-refractivity contribution >= 4 is 34.5 Å². The molecule has 0 saturated heterocycles. The molecule has 2 rings (SSSR count). The second-order valence-electron chi connectivity index (χ2n) is 3.66. The van der Waals surface area contributed by atoms with Gasteiger partial charge in [-0.3, -0.25) is 4.68 Å². The van der Waals surface area contributed by atoms with Crippen LogP contribution in [0.2, 0.25) is 10.0 Å². The molecule has 1 N–H and O–H groups in total. The van der Waals surface area contributed by atoms with Crippen molar-refractivity contribution in [2.24, 2.45) is 0 Å². The van der Waals surface area contributed by atoms with Crippen LogP contribution < -0.4 is 0 Å². The second-order valence-corrected chi connectivity index (χ2v) is 5.45. The molecule has 0 aliphatic carbocycles. The summed E-state index contributed by atoms with van der Waals surface area (Å²) in [6.45, 7) is 1.04. The Kier molecular flexibility index (Phi) is 4.64. The average molecular weight is 307 g/mol. The Morgan fingerprint density at radius 1 is 1.56 bits per heavy atom. The van der Waals surface area contributed by atoms with E-state index in [1.807, 2.05) is 0 Å². The monoisotopic (exact) mass is 306 g/mol. The minimum absolute atomic E-state index is 0.433. The molecule has 0 aliphatic rings. The van der Waals surface area contributed by atoms with Gasteiger partial charge in [-0.05, 0) is 6.07 Å². The number of aromatic nitrogens is 2. The number of ether oxygens (including phenoxy) is 1. The van der Waals surface area contributed by atoms with Crippen LogP contribution in [0.25, 0.3) is 0 Å². The van der Waals surface area contributed by atoms with Gasteiger partial charge in [0.15, 0.2) is 0 Å².